The van der Waals surface area contributed by atoms with Gasteiger partial charge in [0.1, 0.15) is 18.7 Å². The van der Waals surface area contributed by atoms with Crippen LogP contribution in [0, 0.1) is 6.92 Å². The number of H-pyrrole nitrogens is 1. The van der Waals surface area contributed by atoms with Gasteiger partial charge in [0.25, 0.3) is 17.2 Å². The molecule has 0 aliphatic carbocycles. The number of hydrogen-bond donors (Lipinski definition) is 3. The molecule has 11 nitrogen and oxygen atoms in total. The van der Waals surface area contributed by atoms with Gasteiger partial charge in [-0.3, -0.25) is 24.4 Å². The van der Waals surface area contributed by atoms with E-state index < -0.39 is 0 Å². The van der Waals surface area contributed by atoms with Crippen molar-refractivity contribution in [3.05, 3.63) is 57.8 Å². The van der Waals surface area contributed by atoms with Gasteiger partial charge in [0, 0.05) is 32.1 Å². The van der Waals surface area contributed by atoms with Gasteiger partial charge in [-0.15, -0.1) is 0 Å². The van der Waals surface area contributed by atoms with Crippen molar-refractivity contribution in [1.29, 1.82) is 0 Å². The summed E-state index contributed by atoms with van der Waals surface area (Å²) < 4.78 is 7.01. The molecule has 0 radical (unpaired) electrons. The van der Waals surface area contributed by atoms with Gasteiger partial charge < -0.3 is 15.4 Å². The highest BCUT2D eigenvalue weighted by Crippen LogP contribution is 2.20. The lowest BCUT2D eigenvalue weighted by molar-refractivity contribution is -0.121. The monoisotopic (exact) mass is 453 g/mol. The second-order valence-corrected chi connectivity index (χ2v) is 7.94. The average molecular weight is 454 g/mol. The number of hydrogen-bond acceptors (Lipinski definition) is 7. The second-order valence-electron chi connectivity index (χ2n) is 7.94. The van der Waals surface area contributed by atoms with Crippen LogP contribution in [-0.2, 0) is 11.3 Å². The maximum atomic E-state index is 12.8. The number of ether oxygens (including phenoxy) is 1. The first-order chi connectivity index (χ1) is 16.0. The minimum atomic E-state index is -0.245. The van der Waals surface area contributed by atoms with E-state index in [0.717, 1.165) is 5.56 Å². The fourth-order valence-electron chi connectivity index (χ4n) is 3.72. The number of benzene rings is 1. The quantitative estimate of drug-likeness (QED) is 0.506. The molecule has 0 unspecified atom stereocenters. The molecular formula is C22H27N7O4. The van der Waals surface area contributed by atoms with E-state index in [1.807, 2.05) is 13.0 Å². The molecule has 11 heteroatoms. The third-order valence-electron chi connectivity index (χ3n) is 5.36. The number of nitrogens with one attached hydrogen (secondary N) is 3. The molecule has 3 aromatic rings. The SMILES string of the molecule is Cc1ccc2c(c1)C(=O)NCCN(Cc1cc(=O)n3[nH]cnc3n1)CCCC(=O)NCCO2. The first kappa shape index (κ1) is 22.5. The molecule has 2 aromatic heterocycles. The van der Waals surface area contributed by atoms with E-state index >= 15 is 0 Å². The second kappa shape index (κ2) is 10.3. The Hall–Kier alpha value is -3.73. The van der Waals surface area contributed by atoms with E-state index in [2.05, 4.69) is 30.6 Å². The van der Waals surface area contributed by atoms with E-state index in [0.29, 0.717) is 68.3 Å². The van der Waals surface area contributed by atoms with Crippen molar-refractivity contribution in [3.8, 4) is 5.75 Å². The Bertz CT molecular complexity index is 1200. The molecule has 4 rings (SSSR count). The number of aromatic nitrogens is 4. The van der Waals surface area contributed by atoms with Crippen LogP contribution in [0.3, 0.4) is 0 Å². The van der Waals surface area contributed by atoms with Gasteiger partial charge >= 0.3 is 0 Å². The molecule has 0 bridgehead atoms. The highest BCUT2D eigenvalue weighted by molar-refractivity contribution is 5.97. The summed E-state index contributed by atoms with van der Waals surface area (Å²) in [4.78, 5) is 47.8. The molecule has 0 saturated heterocycles. The number of carbonyl (C=O) groups excluding carboxylic acids is 2. The van der Waals surface area contributed by atoms with E-state index in [9.17, 15) is 14.4 Å². The summed E-state index contributed by atoms with van der Waals surface area (Å²) in [5.41, 5.74) is 1.74. The number of rotatable bonds is 2. The minimum Gasteiger partial charge on any atom is -0.491 e. The summed E-state index contributed by atoms with van der Waals surface area (Å²) in [6.45, 7) is 4.47. The molecule has 1 aromatic carbocycles. The summed E-state index contributed by atoms with van der Waals surface area (Å²) in [6.07, 6.45) is 2.41. The maximum Gasteiger partial charge on any atom is 0.274 e. The molecule has 174 valence electrons. The third kappa shape index (κ3) is 5.75. The van der Waals surface area contributed by atoms with Gasteiger partial charge in [-0.1, -0.05) is 11.6 Å². The highest BCUT2D eigenvalue weighted by atomic mass is 16.5. The van der Waals surface area contributed by atoms with Crippen molar-refractivity contribution in [2.24, 2.45) is 0 Å². The zero-order valence-corrected chi connectivity index (χ0v) is 18.5. The molecule has 0 atom stereocenters. The summed E-state index contributed by atoms with van der Waals surface area (Å²) in [5.74, 6) is 0.509. The topological polar surface area (TPSA) is 134 Å². The first-order valence-electron chi connectivity index (χ1n) is 10.9. The molecular weight excluding hydrogens is 426 g/mol. The van der Waals surface area contributed by atoms with Crippen LogP contribution in [0.5, 0.6) is 5.75 Å². The Morgan fingerprint density at radius 2 is 1.97 bits per heavy atom. The molecule has 1 aliphatic heterocycles. The standard InChI is InChI=1S/C22H27N7O4/c1-15-4-5-18-17(11-15)21(32)24-6-9-28(8-2-3-19(30)23-7-10-33-18)13-16-12-20(31)29-22(27-16)25-14-26-29/h4-5,11-12,14H,2-3,6-10,13H2,1H3,(H,23,30)(H,24,32)(H,25,26,27). The fourth-order valence-corrected chi connectivity index (χ4v) is 3.72. The third-order valence-corrected chi connectivity index (χ3v) is 5.36. The van der Waals surface area contributed by atoms with Crippen LogP contribution < -0.4 is 20.9 Å². The Morgan fingerprint density at radius 3 is 2.85 bits per heavy atom. The van der Waals surface area contributed by atoms with Crippen molar-refractivity contribution in [3.63, 3.8) is 0 Å². The number of nitrogens with zero attached hydrogens (tertiary/aromatic N) is 4. The van der Waals surface area contributed by atoms with E-state index in [1.165, 1.54) is 16.9 Å². The molecule has 0 spiro atoms. The normalized spacial score (nSPS) is 16.8. The van der Waals surface area contributed by atoms with Gasteiger partial charge in [-0.25, -0.2) is 9.97 Å². The number of aryl methyl sites for hydroxylation is 1. The zero-order valence-electron chi connectivity index (χ0n) is 18.5. The molecule has 2 amide bonds. The van der Waals surface area contributed by atoms with Crippen LogP contribution in [0.25, 0.3) is 5.78 Å². The Labute approximate surface area is 190 Å². The van der Waals surface area contributed by atoms with Crippen LogP contribution in [-0.4, -0.2) is 69.1 Å². The van der Waals surface area contributed by atoms with Gasteiger partial charge in [-0.05, 0) is 32.0 Å². The van der Waals surface area contributed by atoms with Crippen LogP contribution in [0.2, 0.25) is 0 Å². The molecule has 33 heavy (non-hydrogen) atoms. The lowest BCUT2D eigenvalue weighted by atomic mass is 10.1. The van der Waals surface area contributed by atoms with Crippen molar-refractivity contribution < 1.29 is 14.3 Å². The predicted octanol–water partition coefficient (Wildman–Crippen LogP) is 0.247. The van der Waals surface area contributed by atoms with Crippen LogP contribution >= 0.6 is 0 Å². The summed E-state index contributed by atoms with van der Waals surface area (Å²) in [5, 5.41) is 8.51. The number of fused-ring (bicyclic) bond motifs is 2. The van der Waals surface area contributed by atoms with Gasteiger partial charge in [0.2, 0.25) is 5.91 Å². The Kier molecular flexibility index (Phi) is 6.98. The van der Waals surface area contributed by atoms with Crippen molar-refractivity contribution >= 4 is 17.6 Å². The first-order valence-corrected chi connectivity index (χ1v) is 10.9. The average Bonchev–Trinajstić information content (AvgIpc) is 3.26. The largest absolute Gasteiger partial charge is 0.491 e. The fraction of sp³-hybridized carbons (Fsp3) is 0.409. The lowest BCUT2D eigenvalue weighted by Crippen LogP contribution is -2.36. The van der Waals surface area contributed by atoms with Crippen LogP contribution in [0.4, 0.5) is 0 Å². The maximum absolute atomic E-state index is 12.8. The summed E-state index contributed by atoms with van der Waals surface area (Å²) in [7, 11) is 0. The molecule has 3 N–H and O–H groups in total. The van der Waals surface area contributed by atoms with E-state index in [4.69, 9.17) is 4.74 Å². The van der Waals surface area contributed by atoms with E-state index in [-0.39, 0.29) is 24.0 Å². The Morgan fingerprint density at radius 1 is 1.09 bits per heavy atom. The number of amides is 2. The minimum absolute atomic E-state index is 0.0546. The highest BCUT2D eigenvalue weighted by Gasteiger charge is 2.16. The zero-order chi connectivity index (χ0) is 23.2. The van der Waals surface area contributed by atoms with Crippen molar-refractivity contribution in [2.45, 2.75) is 26.3 Å². The smallest absolute Gasteiger partial charge is 0.274 e. The van der Waals surface area contributed by atoms with Crippen molar-refractivity contribution in [2.75, 3.05) is 32.8 Å². The van der Waals surface area contributed by atoms with Gasteiger partial charge in [0.15, 0.2) is 0 Å². The van der Waals surface area contributed by atoms with Crippen LogP contribution in [0.15, 0.2) is 35.4 Å². The summed E-state index contributed by atoms with van der Waals surface area (Å²) in [6, 6.07) is 6.90. The Balaban J connectivity index is 1.50. The molecule has 0 fully saturated rings. The summed E-state index contributed by atoms with van der Waals surface area (Å²) >= 11 is 0. The molecule has 3 heterocycles. The lowest BCUT2D eigenvalue weighted by Gasteiger charge is -2.22. The molecule has 1 aliphatic rings. The number of carbonyl (C=O) groups is 2. The molecule has 0 saturated carbocycles. The van der Waals surface area contributed by atoms with Crippen LogP contribution in [0.1, 0.15) is 34.5 Å². The van der Waals surface area contributed by atoms with Gasteiger partial charge in [0.05, 0.1) is 17.8 Å². The van der Waals surface area contributed by atoms with E-state index in [1.54, 1.807) is 12.1 Å². The predicted molar refractivity (Wildman–Crippen MR) is 120 cm³/mol. The van der Waals surface area contributed by atoms with Crippen molar-refractivity contribution in [1.82, 2.24) is 35.1 Å². The van der Waals surface area contributed by atoms with Gasteiger partial charge in [-0.2, -0.15) is 4.52 Å². The number of aromatic amines is 1.